The number of hydrogen-bond acceptors (Lipinski definition) is 4. The molecule has 1 aliphatic carbocycles. The second-order valence-corrected chi connectivity index (χ2v) is 5.65. The Balaban J connectivity index is 1.52. The van der Waals surface area contributed by atoms with Gasteiger partial charge in [0.1, 0.15) is 5.82 Å². The molecule has 6 heteroatoms. The van der Waals surface area contributed by atoms with Crippen LogP contribution >= 0.6 is 0 Å². The lowest BCUT2D eigenvalue weighted by atomic mass is 9.91. The zero-order valence-corrected chi connectivity index (χ0v) is 12.3. The lowest BCUT2D eigenvalue weighted by molar-refractivity contribution is 0.267. The molecule has 2 aromatic heterocycles. The predicted molar refractivity (Wildman–Crippen MR) is 79.8 cm³/mol. The second-order valence-electron chi connectivity index (χ2n) is 5.65. The lowest BCUT2D eigenvalue weighted by Crippen LogP contribution is -2.36. The van der Waals surface area contributed by atoms with Gasteiger partial charge in [0.2, 0.25) is 0 Å². The Kier molecular flexibility index (Phi) is 4.15. The molecule has 6 nitrogen and oxygen atoms in total. The molecule has 0 aliphatic heterocycles. The van der Waals surface area contributed by atoms with Crippen molar-refractivity contribution in [1.82, 2.24) is 24.6 Å². The van der Waals surface area contributed by atoms with E-state index in [2.05, 4.69) is 15.4 Å². The van der Waals surface area contributed by atoms with Crippen LogP contribution in [0, 0.1) is 0 Å². The van der Waals surface area contributed by atoms with E-state index in [0.717, 1.165) is 38.1 Å². The number of aryl methyl sites for hydroxylation is 1. The van der Waals surface area contributed by atoms with Crippen LogP contribution in [0.5, 0.6) is 0 Å². The molecule has 0 amide bonds. The van der Waals surface area contributed by atoms with E-state index in [9.17, 15) is 4.79 Å². The van der Waals surface area contributed by atoms with Crippen LogP contribution in [-0.4, -0.2) is 25.4 Å². The van der Waals surface area contributed by atoms with Gasteiger partial charge in [-0.05, 0) is 31.7 Å². The molecular formula is C15H21N5O. The first kappa shape index (κ1) is 14.0. The zero-order valence-electron chi connectivity index (χ0n) is 12.3. The van der Waals surface area contributed by atoms with Crippen LogP contribution < -0.4 is 10.9 Å². The van der Waals surface area contributed by atoms with Gasteiger partial charge >= 0.3 is 0 Å². The third-order valence-corrected chi connectivity index (χ3v) is 4.25. The highest BCUT2D eigenvalue weighted by Gasteiger charge is 2.23. The van der Waals surface area contributed by atoms with Gasteiger partial charge in [-0.2, -0.15) is 5.10 Å². The lowest BCUT2D eigenvalue weighted by Gasteiger charge is -2.29. The molecule has 0 spiro atoms. The molecule has 1 N–H and O–H groups in total. The van der Waals surface area contributed by atoms with E-state index in [-0.39, 0.29) is 11.6 Å². The SMILES string of the molecule is Cn1ccnc1CNC1CCC(n2ncccc2=O)CC1. The summed E-state index contributed by atoms with van der Waals surface area (Å²) in [6.45, 7) is 0.794. The van der Waals surface area contributed by atoms with Gasteiger partial charge in [-0.15, -0.1) is 0 Å². The van der Waals surface area contributed by atoms with Gasteiger partial charge < -0.3 is 9.88 Å². The van der Waals surface area contributed by atoms with Crippen molar-refractivity contribution in [1.29, 1.82) is 0 Å². The van der Waals surface area contributed by atoms with Gasteiger partial charge in [0.15, 0.2) is 0 Å². The van der Waals surface area contributed by atoms with Gasteiger partial charge in [-0.25, -0.2) is 9.67 Å². The molecule has 1 saturated carbocycles. The molecule has 1 aliphatic rings. The average molecular weight is 287 g/mol. The normalized spacial score (nSPS) is 22.3. The van der Waals surface area contributed by atoms with Crippen molar-refractivity contribution in [3.8, 4) is 0 Å². The van der Waals surface area contributed by atoms with E-state index in [0.29, 0.717) is 6.04 Å². The molecular weight excluding hydrogens is 266 g/mol. The Hall–Kier alpha value is -1.95. The molecule has 2 aromatic rings. The van der Waals surface area contributed by atoms with E-state index in [1.165, 1.54) is 0 Å². The topological polar surface area (TPSA) is 64.7 Å². The first-order valence-corrected chi connectivity index (χ1v) is 7.47. The number of nitrogens with one attached hydrogen (secondary N) is 1. The smallest absolute Gasteiger partial charge is 0.266 e. The maximum atomic E-state index is 11.8. The Labute approximate surface area is 123 Å². The minimum atomic E-state index is 0.00178. The maximum absolute atomic E-state index is 11.8. The van der Waals surface area contributed by atoms with Crippen molar-refractivity contribution in [2.45, 2.75) is 44.3 Å². The number of rotatable bonds is 4. The molecule has 21 heavy (non-hydrogen) atoms. The first-order valence-electron chi connectivity index (χ1n) is 7.47. The van der Waals surface area contributed by atoms with E-state index in [1.54, 1.807) is 23.0 Å². The summed E-state index contributed by atoms with van der Waals surface area (Å²) in [6.07, 6.45) is 9.59. The van der Waals surface area contributed by atoms with E-state index in [1.807, 2.05) is 24.0 Å². The summed E-state index contributed by atoms with van der Waals surface area (Å²) in [4.78, 5) is 16.1. The molecule has 112 valence electrons. The Bertz CT molecular complexity index is 639. The third kappa shape index (κ3) is 3.21. The van der Waals surface area contributed by atoms with E-state index in [4.69, 9.17) is 0 Å². The monoisotopic (exact) mass is 287 g/mol. The van der Waals surface area contributed by atoms with Crippen molar-refractivity contribution in [3.05, 3.63) is 46.9 Å². The highest BCUT2D eigenvalue weighted by molar-refractivity contribution is 4.92. The third-order valence-electron chi connectivity index (χ3n) is 4.25. The van der Waals surface area contributed by atoms with Gasteiger partial charge in [0, 0.05) is 37.7 Å². The van der Waals surface area contributed by atoms with E-state index < -0.39 is 0 Å². The van der Waals surface area contributed by atoms with Gasteiger partial charge in [0.25, 0.3) is 5.56 Å². The standard InChI is InChI=1S/C15H21N5O/c1-19-10-9-16-14(19)11-17-12-4-6-13(7-5-12)20-15(21)3-2-8-18-20/h2-3,8-10,12-13,17H,4-7,11H2,1H3. The summed E-state index contributed by atoms with van der Waals surface area (Å²) in [7, 11) is 2.01. The summed E-state index contributed by atoms with van der Waals surface area (Å²) in [5, 5.41) is 7.76. The van der Waals surface area contributed by atoms with Crippen LogP contribution in [0.3, 0.4) is 0 Å². The summed E-state index contributed by atoms with van der Waals surface area (Å²) < 4.78 is 3.67. The van der Waals surface area contributed by atoms with Crippen LogP contribution in [0.25, 0.3) is 0 Å². The molecule has 3 rings (SSSR count). The number of aromatic nitrogens is 4. The summed E-state index contributed by atoms with van der Waals surface area (Å²) in [5.74, 6) is 1.05. The fourth-order valence-corrected chi connectivity index (χ4v) is 2.97. The highest BCUT2D eigenvalue weighted by Crippen LogP contribution is 2.26. The van der Waals surface area contributed by atoms with Crippen LogP contribution in [0.15, 0.2) is 35.5 Å². The molecule has 0 radical (unpaired) electrons. The minimum Gasteiger partial charge on any atom is -0.337 e. The van der Waals surface area contributed by atoms with Gasteiger partial charge in [-0.1, -0.05) is 0 Å². The zero-order chi connectivity index (χ0) is 14.7. The first-order chi connectivity index (χ1) is 10.2. The van der Waals surface area contributed by atoms with Crippen molar-refractivity contribution >= 4 is 0 Å². The number of hydrogen-bond donors (Lipinski definition) is 1. The molecule has 1 fully saturated rings. The van der Waals surface area contributed by atoms with E-state index >= 15 is 0 Å². The van der Waals surface area contributed by atoms with Gasteiger partial charge in [-0.3, -0.25) is 4.79 Å². The fraction of sp³-hybridized carbons (Fsp3) is 0.533. The number of imidazole rings is 1. The van der Waals surface area contributed by atoms with Gasteiger partial charge in [0.05, 0.1) is 12.6 Å². The molecule has 2 heterocycles. The summed E-state index contributed by atoms with van der Waals surface area (Å²) >= 11 is 0. The van der Waals surface area contributed by atoms with Crippen LogP contribution in [0.4, 0.5) is 0 Å². The quantitative estimate of drug-likeness (QED) is 0.919. The maximum Gasteiger partial charge on any atom is 0.266 e. The second kappa shape index (κ2) is 6.22. The van der Waals surface area contributed by atoms with Crippen molar-refractivity contribution < 1.29 is 0 Å². The summed E-state index contributed by atoms with van der Waals surface area (Å²) in [6, 6.07) is 4.01. The molecule has 0 unspecified atom stereocenters. The fourth-order valence-electron chi connectivity index (χ4n) is 2.97. The van der Waals surface area contributed by atoms with Crippen LogP contribution in [0.2, 0.25) is 0 Å². The predicted octanol–water partition coefficient (Wildman–Crippen LogP) is 1.25. The van der Waals surface area contributed by atoms with Crippen LogP contribution in [0.1, 0.15) is 37.5 Å². The average Bonchev–Trinajstić information content (AvgIpc) is 2.92. The molecule has 0 bridgehead atoms. The van der Waals surface area contributed by atoms with Crippen molar-refractivity contribution in [2.24, 2.45) is 7.05 Å². The highest BCUT2D eigenvalue weighted by atomic mass is 16.1. The number of nitrogens with zero attached hydrogens (tertiary/aromatic N) is 4. The largest absolute Gasteiger partial charge is 0.337 e. The minimum absolute atomic E-state index is 0.00178. The van der Waals surface area contributed by atoms with Crippen molar-refractivity contribution in [2.75, 3.05) is 0 Å². The Morgan fingerprint density at radius 2 is 2.10 bits per heavy atom. The molecule has 0 atom stereocenters. The summed E-state index contributed by atoms with van der Waals surface area (Å²) in [5.41, 5.74) is 0.00178. The molecule has 0 aromatic carbocycles. The Morgan fingerprint density at radius 1 is 1.29 bits per heavy atom. The van der Waals surface area contributed by atoms with Crippen LogP contribution in [-0.2, 0) is 13.6 Å². The van der Waals surface area contributed by atoms with Crippen molar-refractivity contribution in [3.63, 3.8) is 0 Å². The molecule has 0 saturated heterocycles. The Morgan fingerprint density at radius 3 is 2.76 bits per heavy atom.